The first-order valence-electron chi connectivity index (χ1n) is 7.40. The molecule has 0 aromatic heterocycles. The van der Waals surface area contributed by atoms with E-state index in [1.807, 2.05) is 30.5 Å². The Balaban J connectivity index is 1.62. The molecule has 5 heteroatoms. The maximum Gasteiger partial charge on any atom is 0.257 e. The minimum atomic E-state index is -0.0940. The Hall–Kier alpha value is -1.59. The number of hydrogen-bond donors (Lipinski definition) is 1. The fourth-order valence-corrected chi connectivity index (χ4v) is 3.04. The van der Waals surface area contributed by atoms with E-state index in [0.29, 0.717) is 12.3 Å². The van der Waals surface area contributed by atoms with E-state index < -0.39 is 0 Å². The van der Waals surface area contributed by atoms with Crippen LogP contribution >= 0.6 is 23.5 Å². The number of benzene rings is 2. The average molecular weight is 348 g/mol. The molecule has 23 heavy (non-hydrogen) atoms. The van der Waals surface area contributed by atoms with Crippen LogP contribution in [-0.2, 0) is 4.79 Å². The van der Waals surface area contributed by atoms with Gasteiger partial charge in [0, 0.05) is 22.1 Å². The maximum absolute atomic E-state index is 11.7. The van der Waals surface area contributed by atoms with E-state index in [4.69, 9.17) is 4.74 Å². The molecule has 0 aliphatic rings. The van der Waals surface area contributed by atoms with E-state index in [0.717, 1.165) is 5.75 Å². The van der Waals surface area contributed by atoms with E-state index in [9.17, 15) is 4.79 Å². The van der Waals surface area contributed by atoms with Crippen molar-refractivity contribution < 1.29 is 9.53 Å². The van der Waals surface area contributed by atoms with Crippen molar-refractivity contribution in [2.75, 3.05) is 25.2 Å². The lowest BCUT2D eigenvalue weighted by Gasteiger charge is -2.08. The molecular weight excluding hydrogens is 326 g/mol. The predicted octanol–water partition coefficient (Wildman–Crippen LogP) is 4.00. The number of hydrogen-bond acceptors (Lipinski definition) is 4. The van der Waals surface area contributed by atoms with Crippen LogP contribution in [0, 0.1) is 6.92 Å². The second-order valence-corrected chi connectivity index (χ2v) is 7.02. The van der Waals surface area contributed by atoms with E-state index in [2.05, 4.69) is 36.5 Å². The summed E-state index contributed by atoms with van der Waals surface area (Å²) in [5.74, 6) is 1.47. The molecule has 0 radical (unpaired) electrons. The van der Waals surface area contributed by atoms with Crippen LogP contribution in [0.15, 0.2) is 58.3 Å². The largest absolute Gasteiger partial charge is 0.484 e. The van der Waals surface area contributed by atoms with Crippen molar-refractivity contribution in [3.05, 3.63) is 54.1 Å². The molecule has 2 rings (SSSR count). The highest BCUT2D eigenvalue weighted by Gasteiger charge is 2.02. The van der Waals surface area contributed by atoms with Crippen LogP contribution < -0.4 is 10.1 Å². The molecule has 0 saturated carbocycles. The monoisotopic (exact) mass is 347 g/mol. The third-order valence-electron chi connectivity index (χ3n) is 3.14. The van der Waals surface area contributed by atoms with Crippen molar-refractivity contribution in [3.8, 4) is 5.75 Å². The summed E-state index contributed by atoms with van der Waals surface area (Å²) in [6.07, 6.45) is 2.03. The molecule has 1 N–H and O–H groups in total. The standard InChI is InChI=1S/C18H21NO2S2/c1-14-3-7-17(8-4-14)23-12-11-19-18(20)13-21-15-5-9-16(22-2)10-6-15/h3-10H,11-13H2,1-2H3,(H,19,20). The summed E-state index contributed by atoms with van der Waals surface area (Å²) in [4.78, 5) is 14.1. The molecule has 1 amide bonds. The summed E-state index contributed by atoms with van der Waals surface area (Å²) >= 11 is 3.41. The lowest BCUT2D eigenvalue weighted by Crippen LogP contribution is -2.30. The zero-order valence-electron chi connectivity index (χ0n) is 13.4. The fraction of sp³-hybridized carbons (Fsp3) is 0.278. The zero-order valence-corrected chi connectivity index (χ0v) is 15.0. The van der Waals surface area contributed by atoms with Crippen molar-refractivity contribution >= 4 is 29.4 Å². The number of thioether (sulfide) groups is 2. The van der Waals surface area contributed by atoms with Gasteiger partial charge in [0.05, 0.1) is 0 Å². The number of carbonyl (C=O) groups excluding carboxylic acids is 1. The molecular formula is C18H21NO2S2. The molecule has 2 aromatic carbocycles. The van der Waals surface area contributed by atoms with Crippen molar-refractivity contribution in [3.63, 3.8) is 0 Å². The van der Waals surface area contributed by atoms with Crippen LogP contribution in [0.25, 0.3) is 0 Å². The molecule has 0 fully saturated rings. The number of carbonyl (C=O) groups is 1. The Morgan fingerprint density at radius 2 is 1.70 bits per heavy atom. The zero-order chi connectivity index (χ0) is 16.5. The fourth-order valence-electron chi connectivity index (χ4n) is 1.87. The second-order valence-electron chi connectivity index (χ2n) is 4.98. The van der Waals surface area contributed by atoms with Crippen LogP contribution in [0.3, 0.4) is 0 Å². The molecule has 2 aromatic rings. The molecule has 122 valence electrons. The Bertz CT molecular complexity index is 612. The summed E-state index contributed by atoms with van der Waals surface area (Å²) in [6.45, 7) is 2.75. The van der Waals surface area contributed by atoms with Gasteiger partial charge in [0.15, 0.2) is 6.61 Å². The van der Waals surface area contributed by atoms with Gasteiger partial charge in [0.2, 0.25) is 0 Å². The Kier molecular flexibility index (Phi) is 7.36. The molecule has 0 saturated heterocycles. The Morgan fingerprint density at radius 3 is 2.35 bits per heavy atom. The van der Waals surface area contributed by atoms with Crippen LogP contribution in [0.1, 0.15) is 5.56 Å². The average Bonchev–Trinajstić information content (AvgIpc) is 2.59. The van der Waals surface area contributed by atoms with Gasteiger partial charge in [0.25, 0.3) is 5.91 Å². The van der Waals surface area contributed by atoms with Crippen LogP contribution in [0.5, 0.6) is 5.75 Å². The highest BCUT2D eigenvalue weighted by Crippen LogP contribution is 2.19. The maximum atomic E-state index is 11.7. The highest BCUT2D eigenvalue weighted by molar-refractivity contribution is 7.99. The summed E-state index contributed by atoms with van der Waals surface area (Å²) in [7, 11) is 0. The van der Waals surface area contributed by atoms with E-state index in [1.165, 1.54) is 15.4 Å². The van der Waals surface area contributed by atoms with E-state index >= 15 is 0 Å². The van der Waals surface area contributed by atoms with Gasteiger partial charge in [0.1, 0.15) is 5.75 Å². The summed E-state index contributed by atoms with van der Waals surface area (Å²) in [5, 5.41) is 2.87. The van der Waals surface area contributed by atoms with Gasteiger partial charge in [-0.05, 0) is 49.6 Å². The van der Waals surface area contributed by atoms with Crippen LogP contribution in [0.4, 0.5) is 0 Å². The molecule has 0 atom stereocenters. The van der Waals surface area contributed by atoms with Gasteiger partial charge in [-0.3, -0.25) is 4.79 Å². The van der Waals surface area contributed by atoms with Crippen molar-refractivity contribution in [1.29, 1.82) is 0 Å². The number of nitrogens with one attached hydrogen (secondary N) is 1. The molecule has 0 aliphatic carbocycles. The van der Waals surface area contributed by atoms with Crippen molar-refractivity contribution in [2.24, 2.45) is 0 Å². The summed E-state index contributed by atoms with van der Waals surface area (Å²) in [6, 6.07) is 16.1. The number of ether oxygens (including phenoxy) is 1. The van der Waals surface area contributed by atoms with Crippen LogP contribution in [0.2, 0.25) is 0 Å². The first-order chi connectivity index (χ1) is 11.2. The second kappa shape index (κ2) is 9.53. The van der Waals surface area contributed by atoms with Crippen molar-refractivity contribution in [2.45, 2.75) is 16.7 Å². The molecule has 3 nitrogen and oxygen atoms in total. The summed E-state index contributed by atoms with van der Waals surface area (Å²) in [5.41, 5.74) is 1.25. The quantitative estimate of drug-likeness (QED) is 0.578. The van der Waals surface area contributed by atoms with Gasteiger partial charge < -0.3 is 10.1 Å². The van der Waals surface area contributed by atoms with Gasteiger partial charge in [-0.25, -0.2) is 0 Å². The number of aryl methyl sites for hydroxylation is 1. The number of rotatable bonds is 8. The minimum Gasteiger partial charge on any atom is -0.484 e. The molecule has 0 heterocycles. The van der Waals surface area contributed by atoms with E-state index in [-0.39, 0.29) is 12.5 Å². The smallest absolute Gasteiger partial charge is 0.257 e. The Morgan fingerprint density at radius 1 is 1.04 bits per heavy atom. The number of amides is 1. The molecule has 0 bridgehead atoms. The minimum absolute atomic E-state index is 0.0494. The topological polar surface area (TPSA) is 38.3 Å². The predicted molar refractivity (Wildman–Crippen MR) is 98.6 cm³/mol. The lowest BCUT2D eigenvalue weighted by molar-refractivity contribution is -0.122. The normalized spacial score (nSPS) is 10.3. The SMILES string of the molecule is CSc1ccc(OCC(=O)NCCSc2ccc(C)cc2)cc1. The molecule has 0 aliphatic heterocycles. The van der Waals surface area contributed by atoms with Gasteiger partial charge in [-0.15, -0.1) is 23.5 Å². The van der Waals surface area contributed by atoms with Crippen LogP contribution in [-0.4, -0.2) is 31.1 Å². The first kappa shape index (κ1) is 17.8. The molecule has 0 unspecified atom stereocenters. The third-order valence-corrected chi connectivity index (χ3v) is 4.90. The third kappa shape index (κ3) is 6.59. The van der Waals surface area contributed by atoms with Crippen molar-refractivity contribution in [1.82, 2.24) is 5.32 Å². The van der Waals surface area contributed by atoms with Gasteiger partial charge >= 0.3 is 0 Å². The van der Waals surface area contributed by atoms with E-state index in [1.54, 1.807) is 23.5 Å². The highest BCUT2D eigenvalue weighted by atomic mass is 32.2. The molecule has 0 spiro atoms. The first-order valence-corrected chi connectivity index (χ1v) is 9.61. The lowest BCUT2D eigenvalue weighted by atomic mass is 10.2. The van der Waals surface area contributed by atoms with Gasteiger partial charge in [-0.1, -0.05) is 17.7 Å². The Labute approximate surface area is 146 Å². The summed E-state index contributed by atoms with van der Waals surface area (Å²) < 4.78 is 5.47. The van der Waals surface area contributed by atoms with Gasteiger partial charge in [-0.2, -0.15) is 0 Å².